The lowest BCUT2D eigenvalue weighted by atomic mass is 9.59. The fourth-order valence-corrected chi connectivity index (χ4v) is 2.53. The van der Waals surface area contributed by atoms with E-state index in [-0.39, 0.29) is 11.7 Å². The molecule has 0 radical (unpaired) electrons. The van der Waals surface area contributed by atoms with Crippen LogP contribution in [0.15, 0.2) is 0 Å². The number of hydrogen-bond acceptors (Lipinski definition) is 2. The summed E-state index contributed by atoms with van der Waals surface area (Å²) >= 11 is 0. The minimum absolute atomic E-state index is 0.0185. The van der Waals surface area contributed by atoms with Crippen molar-refractivity contribution in [2.45, 2.75) is 75.0 Å². The zero-order valence-corrected chi connectivity index (χ0v) is 13.8. The van der Waals surface area contributed by atoms with Gasteiger partial charge in [0.2, 0.25) is 6.29 Å². The summed E-state index contributed by atoms with van der Waals surface area (Å²) in [5, 5.41) is 0. The van der Waals surface area contributed by atoms with E-state index >= 15 is 0 Å². The molecule has 2 nitrogen and oxygen atoms in total. The molecule has 0 bridgehead atoms. The van der Waals surface area contributed by atoms with E-state index in [9.17, 15) is 0 Å². The van der Waals surface area contributed by atoms with Gasteiger partial charge in [-0.2, -0.15) is 9.78 Å². The van der Waals surface area contributed by atoms with E-state index in [1.807, 2.05) is 0 Å². The van der Waals surface area contributed by atoms with Crippen LogP contribution in [0.4, 0.5) is 0 Å². The van der Waals surface area contributed by atoms with Crippen molar-refractivity contribution in [3.05, 3.63) is 0 Å². The maximum Gasteiger partial charge on any atom is 0.227 e. The van der Waals surface area contributed by atoms with Crippen LogP contribution in [-0.4, -0.2) is 6.29 Å². The first-order chi connectivity index (χ1) is 7.86. The van der Waals surface area contributed by atoms with Gasteiger partial charge in [-0.3, -0.25) is 0 Å². The molecular weight excluding hydrogens is 224 g/mol. The Kier molecular flexibility index (Phi) is 4.25. The van der Waals surface area contributed by atoms with Crippen molar-refractivity contribution in [3.8, 4) is 0 Å². The molecule has 0 saturated carbocycles. The highest BCUT2D eigenvalue weighted by Crippen LogP contribution is 2.50. The summed E-state index contributed by atoms with van der Waals surface area (Å²) in [6.45, 7) is 21.0. The van der Waals surface area contributed by atoms with Crippen LogP contribution in [0.25, 0.3) is 0 Å². The molecular formula is C16H32O2. The quantitative estimate of drug-likeness (QED) is 0.520. The van der Waals surface area contributed by atoms with Gasteiger partial charge in [0, 0.05) is 5.92 Å². The summed E-state index contributed by atoms with van der Waals surface area (Å²) in [6, 6.07) is 0. The third-order valence-corrected chi connectivity index (χ3v) is 5.14. The van der Waals surface area contributed by atoms with Crippen molar-refractivity contribution in [2.24, 2.45) is 28.1 Å². The lowest BCUT2D eigenvalue weighted by Gasteiger charge is -2.46. The lowest BCUT2D eigenvalue weighted by Crippen LogP contribution is -2.39. The Balaban J connectivity index is 2.85. The largest absolute Gasteiger partial charge is 0.227 e. The predicted molar refractivity (Wildman–Crippen MR) is 75.9 cm³/mol. The third-order valence-electron chi connectivity index (χ3n) is 5.14. The van der Waals surface area contributed by atoms with Gasteiger partial charge in [0.05, 0.1) is 0 Å². The van der Waals surface area contributed by atoms with Crippen molar-refractivity contribution in [1.29, 1.82) is 0 Å². The van der Waals surface area contributed by atoms with Gasteiger partial charge >= 0.3 is 0 Å². The minimum atomic E-state index is 0.0185. The van der Waals surface area contributed by atoms with Gasteiger partial charge in [0.1, 0.15) is 0 Å². The first kappa shape index (κ1) is 16.0. The second kappa shape index (κ2) is 4.79. The second-order valence-corrected chi connectivity index (χ2v) is 8.73. The SMILES string of the molecule is CC(C1OO1)C(CC(C)(C)C(C)(C)C)C(C)(C)C. The molecule has 2 heteroatoms. The summed E-state index contributed by atoms with van der Waals surface area (Å²) in [5.41, 5.74) is 0.882. The summed E-state index contributed by atoms with van der Waals surface area (Å²) in [6.07, 6.45) is 1.22. The van der Waals surface area contributed by atoms with Gasteiger partial charge in [-0.05, 0) is 28.6 Å². The molecule has 0 aromatic rings. The molecule has 1 rings (SSSR count). The molecule has 1 aliphatic rings. The van der Waals surface area contributed by atoms with Crippen molar-refractivity contribution in [1.82, 2.24) is 0 Å². The van der Waals surface area contributed by atoms with Gasteiger partial charge in [-0.15, -0.1) is 0 Å². The van der Waals surface area contributed by atoms with Gasteiger partial charge in [-0.25, -0.2) is 0 Å². The standard InChI is InChI=1S/C16H32O2/c1-11(13-17-18-13)12(14(2,3)4)10-16(8,9)15(5,6)7/h11-13H,10H2,1-9H3. The highest BCUT2D eigenvalue weighted by molar-refractivity contribution is 4.90. The van der Waals surface area contributed by atoms with E-state index in [1.165, 1.54) is 6.42 Å². The van der Waals surface area contributed by atoms with Crippen molar-refractivity contribution in [2.75, 3.05) is 0 Å². The van der Waals surface area contributed by atoms with E-state index in [4.69, 9.17) is 9.78 Å². The Morgan fingerprint density at radius 1 is 0.889 bits per heavy atom. The molecule has 0 aliphatic carbocycles. The second-order valence-electron chi connectivity index (χ2n) is 8.73. The zero-order chi connectivity index (χ0) is 14.4. The normalized spacial score (nSPS) is 21.8. The van der Waals surface area contributed by atoms with E-state index < -0.39 is 0 Å². The van der Waals surface area contributed by atoms with Gasteiger partial charge in [0.15, 0.2) is 0 Å². The molecule has 0 aromatic carbocycles. The third kappa shape index (κ3) is 3.71. The maximum absolute atomic E-state index is 5.05. The van der Waals surface area contributed by atoms with Crippen LogP contribution in [0, 0.1) is 28.1 Å². The molecule has 1 saturated heterocycles. The van der Waals surface area contributed by atoms with Crippen molar-refractivity contribution >= 4 is 0 Å². The summed E-state index contributed by atoms with van der Waals surface area (Å²) in [7, 11) is 0. The molecule has 1 heterocycles. The summed E-state index contributed by atoms with van der Waals surface area (Å²) in [4.78, 5) is 10.1. The van der Waals surface area contributed by atoms with Crippen LogP contribution >= 0.6 is 0 Å². The van der Waals surface area contributed by atoms with Crippen LogP contribution in [0.1, 0.15) is 68.7 Å². The molecule has 2 atom stereocenters. The average molecular weight is 256 g/mol. The van der Waals surface area contributed by atoms with Gasteiger partial charge in [0.25, 0.3) is 0 Å². The average Bonchev–Trinajstić information content (AvgIpc) is 2.92. The topological polar surface area (TPSA) is 25.1 Å². The number of hydrogen-bond donors (Lipinski definition) is 0. The van der Waals surface area contributed by atoms with Crippen molar-refractivity contribution < 1.29 is 9.78 Å². The van der Waals surface area contributed by atoms with Crippen molar-refractivity contribution in [3.63, 3.8) is 0 Å². The Labute approximate surface area is 113 Å². The molecule has 108 valence electrons. The lowest BCUT2D eigenvalue weighted by molar-refractivity contribution is 0.0294. The van der Waals surface area contributed by atoms with Crippen LogP contribution in [-0.2, 0) is 9.78 Å². The van der Waals surface area contributed by atoms with Crippen LogP contribution < -0.4 is 0 Å². The van der Waals surface area contributed by atoms with Crippen LogP contribution in [0.2, 0.25) is 0 Å². The molecule has 0 amide bonds. The summed E-state index contributed by atoms with van der Waals surface area (Å²) in [5.74, 6) is 1.05. The van der Waals surface area contributed by atoms with Gasteiger partial charge in [-0.1, -0.05) is 62.3 Å². The Hall–Kier alpha value is -0.0800. The van der Waals surface area contributed by atoms with Gasteiger partial charge < -0.3 is 0 Å². The minimum Gasteiger partial charge on any atom is -0.198 e. The zero-order valence-electron chi connectivity index (χ0n) is 13.8. The summed E-state index contributed by atoms with van der Waals surface area (Å²) < 4.78 is 0. The maximum atomic E-state index is 5.05. The molecule has 1 fully saturated rings. The van der Waals surface area contributed by atoms with E-state index in [2.05, 4.69) is 62.3 Å². The predicted octanol–water partition coefficient (Wildman–Crippen LogP) is 5.04. The highest BCUT2D eigenvalue weighted by atomic mass is 17.4. The first-order valence-corrected chi connectivity index (χ1v) is 7.18. The Morgan fingerprint density at radius 2 is 1.33 bits per heavy atom. The fraction of sp³-hybridized carbons (Fsp3) is 1.00. The fourth-order valence-electron chi connectivity index (χ4n) is 2.53. The first-order valence-electron chi connectivity index (χ1n) is 7.18. The van der Waals surface area contributed by atoms with Crippen LogP contribution in [0.3, 0.4) is 0 Å². The molecule has 2 unspecified atom stereocenters. The highest BCUT2D eigenvalue weighted by Gasteiger charge is 2.46. The number of rotatable bonds is 4. The van der Waals surface area contributed by atoms with E-state index in [0.717, 1.165) is 0 Å². The molecule has 1 aliphatic heterocycles. The Morgan fingerprint density at radius 3 is 1.61 bits per heavy atom. The van der Waals surface area contributed by atoms with E-state index in [1.54, 1.807) is 0 Å². The van der Waals surface area contributed by atoms with E-state index in [0.29, 0.717) is 22.7 Å². The molecule has 18 heavy (non-hydrogen) atoms. The smallest absolute Gasteiger partial charge is 0.198 e. The molecule has 0 spiro atoms. The van der Waals surface area contributed by atoms with Crippen LogP contribution in [0.5, 0.6) is 0 Å². The monoisotopic (exact) mass is 256 g/mol. The molecule has 0 aromatic heterocycles. The molecule has 0 N–H and O–H groups in total. The Bertz CT molecular complexity index is 276.